The second kappa shape index (κ2) is 4.73. The highest BCUT2D eigenvalue weighted by atomic mass is 16.5. The number of rotatable bonds is 3. The molecule has 0 saturated heterocycles. The van der Waals surface area contributed by atoms with Crippen molar-refractivity contribution in [3.8, 4) is 18.1 Å². The highest BCUT2D eigenvalue weighted by molar-refractivity contribution is 5.82. The van der Waals surface area contributed by atoms with Crippen molar-refractivity contribution < 1.29 is 9.15 Å². The minimum Gasteiger partial charge on any atom is -0.477 e. The second-order valence-corrected chi connectivity index (χ2v) is 3.41. The summed E-state index contributed by atoms with van der Waals surface area (Å²) in [5.41, 5.74) is 5.70. The van der Waals surface area contributed by atoms with Gasteiger partial charge in [0.05, 0.1) is 11.9 Å². The molecule has 2 rings (SSSR count). The number of para-hydroxylation sites is 1. The van der Waals surface area contributed by atoms with Crippen LogP contribution in [0.1, 0.15) is 5.76 Å². The van der Waals surface area contributed by atoms with Crippen molar-refractivity contribution in [1.82, 2.24) is 0 Å². The lowest BCUT2D eigenvalue weighted by molar-refractivity contribution is 0.365. The maximum absolute atomic E-state index is 11.8. The first-order chi connectivity index (χ1) is 8.26. The van der Waals surface area contributed by atoms with Crippen LogP contribution in [0.3, 0.4) is 0 Å². The maximum atomic E-state index is 11.8. The summed E-state index contributed by atoms with van der Waals surface area (Å²) in [5, 5.41) is 0.455. The summed E-state index contributed by atoms with van der Waals surface area (Å²) >= 11 is 0. The van der Waals surface area contributed by atoms with Crippen molar-refractivity contribution >= 4 is 11.0 Å². The van der Waals surface area contributed by atoms with Gasteiger partial charge in [0, 0.05) is 6.07 Å². The van der Waals surface area contributed by atoms with Crippen molar-refractivity contribution in [2.24, 2.45) is 5.73 Å². The van der Waals surface area contributed by atoms with E-state index < -0.39 is 0 Å². The summed E-state index contributed by atoms with van der Waals surface area (Å²) in [6.07, 6.45) is 5.12. The highest BCUT2D eigenvalue weighted by Gasteiger charge is 2.08. The number of terminal acetylenes is 1. The molecule has 0 radical (unpaired) electrons. The lowest BCUT2D eigenvalue weighted by Crippen LogP contribution is -2.06. The Morgan fingerprint density at radius 3 is 3.00 bits per heavy atom. The molecule has 1 aromatic heterocycles. The molecule has 0 bridgehead atoms. The fourth-order valence-electron chi connectivity index (χ4n) is 1.53. The fraction of sp³-hybridized carbons (Fsp3) is 0.154. The van der Waals surface area contributed by atoms with Gasteiger partial charge in [0.1, 0.15) is 12.4 Å². The van der Waals surface area contributed by atoms with Crippen LogP contribution in [-0.4, -0.2) is 6.61 Å². The molecule has 4 heteroatoms. The van der Waals surface area contributed by atoms with Crippen LogP contribution < -0.4 is 15.9 Å². The van der Waals surface area contributed by atoms with Crippen LogP contribution in [0.2, 0.25) is 0 Å². The van der Waals surface area contributed by atoms with E-state index in [4.69, 9.17) is 21.3 Å². The number of hydrogen-bond acceptors (Lipinski definition) is 4. The molecule has 0 saturated carbocycles. The lowest BCUT2D eigenvalue weighted by Gasteiger charge is -2.06. The third-order valence-corrected chi connectivity index (χ3v) is 2.28. The average Bonchev–Trinajstić information content (AvgIpc) is 2.36. The van der Waals surface area contributed by atoms with E-state index in [1.165, 1.54) is 6.07 Å². The molecule has 0 amide bonds. The quantitative estimate of drug-likeness (QED) is 0.805. The van der Waals surface area contributed by atoms with Gasteiger partial charge in [-0.3, -0.25) is 4.79 Å². The minimum atomic E-state index is -0.141. The molecule has 86 valence electrons. The van der Waals surface area contributed by atoms with Crippen LogP contribution in [0, 0.1) is 12.3 Å². The Kier molecular flexibility index (Phi) is 3.12. The number of nitrogens with two attached hydrogens (primary N) is 1. The first-order valence-corrected chi connectivity index (χ1v) is 5.08. The summed E-state index contributed by atoms with van der Waals surface area (Å²) in [6, 6.07) is 6.47. The zero-order chi connectivity index (χ0) is 12.3. The van der Waals surface area contributed by atoms with Crippen molar-refractivity contribution in [3.63, 3.8) is 0 Å². The van der Waals surface area contributed by atoms with Crippen LogP contribution >= 0.6 is 0 Å². The molecule has 2 N–H and O–H groups in total. The van der Waals surface area contributed by atoms with E-state index >= 15 is 0 Å². The molecule has 0 spiro atoms. The highest BCUT2D eigenvalue weighted by Crippen LogP contribution is 2.24. The Morgan fingerprint density at radius 2 is 2.29 bits per heavy atom. The van der Waals surface area contributed by atoms with Gasteiger partial charge in [0.2, 0.25) is 0 Å². The Bertz CT molecular complexity index is 637. The Morgan fingerprint density at radius 1 is 1.47 bits per heavy atom. The van der Waals surface area contributed by atoms with E-state index in [0.29, 0.717) is 22.5 Å². The first kappa shape index (κ1) is 11.2. The summed E-state index contributed by atoms with van der Waals surface area (Å²) in [7, 11) is 0. The van der Waals surface area contributed by atoms with Crippen molar-refractivity contribution in [2.45, 2.75) is 6.54 Å². The van der Waals surface area contributed by atoms with Gasteiger partial charge in [-0.25, -0.2) is 0 Å². The van der Waals surface area contributed by atoms with Gasteiger partial charge in [-0.15, -0.1) is 6.42 Å². The topological polar surface area (TPSA) is 65.5 Å². The zero-order valence-corrected chi connectivity index (χ0v) is 9.10. The van der Waals surface area contributed by atoms with E-state index in [9.17, 15) is 4.79 Å². The third kappa shape index (κ3) is 2.14. The van der Waals surface area contributed by atoms with E-state index in [1.54, 1.807) is 18.2 Å². The minimum absolute atomic E-state index is 0.121. The molecule has 1 heterocycles. The number of ether oxygens (including phenoxy) is 1. The Hall–Kier alpha value is -2.25. The standard InChI is InChI=1S/C13H11NO3/c1-2-6-16-12-5-3-4-10-11(15)7-9(8-14)17-13(10)12/h1,3-5,7H,6,8,14H2. The Balaban J connectivity index is 2.65. The molecule has 0 unspecified atom stereocenters. The second-order valence-electron chi connectivity index (χ2n) is 3.41. The van der Waals surface area contributed by atoms with Crippen LogP contribution in [0.25, 0.3) is 11.0 Å². The van der Waals surface area contributed by atoms with Crippen LogP contribution in [-0.2, 0) is 6.54 Å². The molecule has 2 aromatic rings. The maximum Gasteiger partial charge on any atom is 0.193 e. The molecular weight excluding hydrogens is 218 g/mol. The number of fused-ring (bicyclic) bond motifs is 1. The fourth-order valence-corrected chi connectivity index (χ4v) is 1.53. The predicted octanol–water partition coefficient (Wildman–Crippen LogP) is 1.26. The molecule has 0 aliphatic heterocycles. The average molecular weight is 229 g/mol. The van der Waals surface area contributed by atoms with E-state index in [1.807, 2.05) is 0 Å². The van der Waals surface area contributed by atoms with E-state index in [-0.39, 0.29) is 18.6 Å². The summed E-state index contributed by atoms with van der Waals surface area (Å²) in [6.45, 7) is 0.282. The molecular formula is C13H11NO3. The molecule has 1 aromatic carbocycles. The summed E-state index contributed by atoms with van der Waals surface area (Å²) < 4.78 is 10.8. The molecule has 0 atom stereocenters. The normalized spacial score (nSPS) is 10.1. The first-order valence-electron chi connectivity index (χ1n) is 5.08. The monoisotopic (exact) mass is 229 g/mol. The number of benzene rings is 1. The van der Waals surface area contributed by atoms with Crippen molar-refractivity contribution in [1.29, 1.82) is 0 Å². The van der Waals surface area contributed by atoms with Crippen LogP contribution in [0.15, 0.2) is 33.5 Å². The van der Waals surface area contributed by atoms with Gasteiger partial charge in [-0.05, 0) is 12.1 Å². The van der Waals surface area contributed by atoms with Gasteiger partial charge < -0.3 is 14.9 Å². The number of hydrogen-bond donors (Lipinski definition) is 1. The zero-order valence-electron chi connectivity index (χ0n) is 9.10. The third-order valence-electron chi connectivity index (χ3n) is 2.28. The molecule has 17 heavy (non-hydrogen) atoms. The molecule has 4 nitrogen and oxygen atoms in total. The summed E-state index contributed by atoms with van der Waals surface area (Å²) in [4.78, 5) is 11.8. The Labute approximate surface area is 98.0 Å². The molecule has 0 fully saturated rings. The van der Waals surface area contributed by atoms with E-state index in [2.05, 4.69) is 5.92 Å². The smallest absolute Gasteiger partial charge is 0.193 e. The predicted molar refractivity (Wildman–Crippen MR) is 64.7 cm³/mol. The van der Waals surface area contributed by atoms with Gasteiger partial charge in [0.25, 0.3) is 0 Å². The van der Waals surface area contributed by atoms with E-state index in [0.717, 1.165) is 0 Å². The van der Waals surface area contributed by atoms with Gasteiger partial charge in [0.15, 0.2) is 16.8 Å². The summed E-state index contributed by atoms with van der Waals surface area (Å²) in [5.74, 6) is 3.23. The molecule has 0 aliphatic rings. The van der Waals surface area contributed by atoms with Gasteiger partial charge >= 0.3 is 0 Å². The lowest BCUT2D eigenvalue weighted by atomic mass is 10.2. The van der Waals surface area contributed by atoms with Crippen molar-refractivity contribution in [3.05, 3.63) is 40.2 Å². The van der Waals surface area contributed by atoms with Crippen LogP contribution in [0.5, 0.6) is 5.75 Å². The van der Waals surface area contributed by atoms with Gasteiger partial charge in [-0.2, -0.15) is 0 Å². The molecule has 0 aliphatic carbocycles. The SMILES string of the molecule is C#CCOc1cccc2c(=O)cc(CN)oc12. The van der Waals surface area contributed by atoms with Gasteiger partial charge in [-0.1, -0.05) is 12.0 Å². The largest absolute Gasteiger partial charge is 0.477 e. The van der Waals surface area contributed by atoms with Crippen LogP contribution in [0.4, 0.5) is 0 Å². The van der Waals surface area contributed by atoms with Crippen molar-refractivity contribution in [2.75, 3.05) is 6.61 Å².